The average molecular weight is 618 g/mol. The van der Waals surface area contributed by atoms with E-state index < -0.39 is 38.4 Å². The molecule has 0 saturated carbocycles. The third kappa shape index (κ3) is 10.1. The molecular weight excluding hydrogens is 589 g/mol. The Morgan fingerprint density at radius 3 is 2.56 bits per heavy atom. The van der Waals surface area contributed by atoms with Crippen LogP contribution in [0.1, 0.15) is 37.7 Å². The first kappa shape index (κ1) is 32.6. The molecular formula is C28H28FN3O10S. The standard InChI is InChI=1S/C28H28FN3O10S/c29-23-20-21(13-15-24(23)39-17-7-2-1-6-12-25(33)30-35)14-16-26(34)40-18-8-9-19-41-27-28(32(36)42-31-27)43(37,38)22-10-4-3-5-11-22/h3-5,10-11,13-16,20,35H,1-2,6-7,12,17-19H2,(H,30,33). The van der Waals surface area contributed by atoms with Crippen molar-refractivity contribution < 1.29 is 51.3 Å². The molecule has 0 aliphatic carbocycles. The number of nitrogens with zero attached hydrogens (tertiary/aromatic N) is 2. The number of ether oxygens (including phenoxy) is 3. The van der Waals surface area contributed by atoms with Crippen LogP contribution >= 0.6 is 0 Å². The normalized spacial score (nSPS) is 11.0. The fourth-order valence-electron chi connectivity index (χ4n) is 3.48. The Bertz CT molecular complexity index is 1580. The maximum Gasteiger partial charge on any atom is 0.415 e. The number of hydrogen-bond acceptors (Lipinski definition) is 11. The maximum absolute atomic E-state index is 14.3. The number of carbonyl (C=O) groups is 2. The van der Waals surface area contributed by atoms with Gasteiger partial charge in [-0.3, -0.25) is 14.6 Å². The van der Waals surface area contributed by atoms with Gasteiger partial charge in [-0.25, -0.2) is 23.1 Å². The first-order valence-corrected chi connectivity index (χ1v) is 14.4. The number of sulfone groups is 1. The molecule has 3 aromatic rings. The number of rotatable bonds is 15. The number of nitrogens with one attached hydrogen (secondary N) is 1. The van der Waals surface area contributed by atoms with E-state index in [4.69, 9.17) is 19.4 Å². The van der Waals surface area contributed by atoms with E-state index >= 15 is 0 Å². The van der Waals surface area contributed by atoms with Crippen LogP contribution in [-0.4, -0.2) is 50.5 Å². The zero-order chi connectivity index (χ0) is 31.1. The molecule has 15 heteroatoms. The van der Waals surface area contributed by atoms with Gasteiger partial charge < -0.3 is 19.4 Å². The molecule has 2 N–H and O–H groups in total. The summed E-state index contributed by atoms with van der Waals surface area (Å²) in [6.07, 6.45) is 5.52. The number of carbonyl (C=O) groups excluding carboxylic acids is 2. The van der Waals surface area contributed by atoms with Crippen LogP contribution in [0.4, 0.5) is 4.39 Å². The van der Waals surface area contributed by atoms with Gasteiger partial charge in [-0.2, -0.15) is 0 Å². The minimum Gasteiger partial charge on any atom is -0.491 e. The van der Waals surface area contributed by atoms with Gasteiger partial charge in [-0.05, 0) is 53.6 Å². The summed E-state index contributed by atoms with van der Waals surface area (Å²) in [5, 5.41) is 22.8. The number of benzene rings is 2. The number of esters is 1. The second-order valence-electron chi connectivity index (χ2n) is 8.68. The number of aromatic nitrogens is 2. The van der Waals surface area contributed by atoms with Gasteiger partial charge in [0.1, 0.15) is 0 Å². The number of halogens is 1. The summed E-state index contributed by atoms with van der Waals surface area (Å²) in [6.45, 7) is -0.409. The minimum absolute atomic E-state index is 0.0670. The first-order valence-electron chi connectivity index (χ1n) is 12.9. The fourth-order valence-corrected chi connectivity index (χ4v) is 4.78. The lowest BCUT2D eigenvalue weighted by Gasteiger charge is -2.08. The molecule has 0 saturated heterocycles. The van der Waals surface area contributed by atoms with Crippen molar-refractivity contribution in [1.82, 2.24) is 10.6 Å². The second-order valence-corrected chi connectivity index (χ2v) is 10.5. The zero-order valence-electron chi connectivity index (χ0n) is 22.7. The summed E-state index contributed by atoms with van der Waals surface area (Å²) in [4.78, 5) is 22.4. The van der Waals surface area contributed by atoms with Crippen molar-refractivity contribution in [2.45, 2.75) is 42.0 Å². The Labute approximate surface area is 246 Å². The van der Waals surface area contributed by atoms with E-state index in [1.54, 1.807) is 17.6 Å². The summed E-state index contributed by atoms with van der Waals surface area (Å²) in [7, 11) is -4.26. The van der Waals surface area contributed by atoms with Crippen molar-refractivity contribution in [3.8, 4) is 23.5 Å². The Balaban J connectivity index is 1.39. The zero-order valence-corrected chi connectivity index (χ0v) is 23.5. The second kappa shape index (κ2) is 16.5. The van der Waals surface area contributed by atoms with E-state index in [-0.39, 0.29) is 35.2 Å². The van der Waals surface area contributed by atoms with Crippen LogP contribution in [0.25, 0.3) is 6.08 Å². The smallest absolute Gasteiger partial charge is 0.415 e. The molecule has 1 amide bonds. The van der Waals surface area contributed by atoms with Crippen molar-refractivity contribution in [2.24, 2.45) is 0 Å². The monoisotopic (exact) mass is 617 g/mol. The van der Waals surface area contributed by atoms with Gasteiger partial charge in [-0.1, -0.05) is 48.9 Å². The molecule has 0 aliphatic heterocycles. The van der Waals surface area contributed by atoms with Crippen molar-refractivity contribution in [2.75, 3.05) is 19.8 Å². The molecule has 0 fully saturated rings. The Kier molecular flexibility index (Phi) is 12.5. The fraction of sp³-hybridized carbons (Fsp3) is 0.286. The van der Waals surface area contributed by atoms with E-state index in [2.05, 4.69) is 21.6 Å². The molecule has 3 rings (SSSR count). The number of hydrogen-bond donors (Lipinski definition) is 2. The third-order valence-electron chi connectivity index (χ3n) is 5.60. The van der Waals surface area contributed by atoms with Gasteiger partial charge >= 0.3 is 16.9 Å². The summed E-state index contributed by atoms with van der Waals surface area (Å²) in [5.74, 6) is 2.70. The lowest BCUT2D eigenvalue weighted by atomic mass is 10.1. The van der Waals surface area contributed by atoms with Crippen molar-refractivity contribution >= 4 is 27.8 Å². The molecule has 13 nitrogen and oxygen atoms in total. The van der Waals surface area contributed by atoms with Crippen molar-refractivity contribution in [3.05, 3.63) is 71.2 Å². The third-order valence-corrected chi connectivity index (χ3v) is 7.32. The highest BCUT2D eigenvalue weighted by molar-refractivity contribution is 7.91. The van der Waals surface area contributed by atoms with Crippen LogP contribution in [-0.2, 0) is 24.2 Å². The van der Waals surface area contributed by atoms with Crippen LogP contribution in [0.3, 0.4) is 0 Å². The Hall–Kier alpha value is -4.94. The first-order chi connectivity index (χ1) is 20.7. The largest absolute Gasteiger partial charge is 0.491 e. The molecule has 43 heavy (non-hydrogen) atoms. The summed E-state index contributed by atoms with van der Waals surface area (Å²) in [5.41, 5.74) is 1.97. The van der Waals surface area contributed by atoms with Crippen LogP contribution in [0.5, 0.6) is 11.6 Å². The number of unbranched alkanes of at least 4 members (excludes halogenated alkanes) is 3. The van der Waals surface area contributed by atoms with E-state index in [1.165, 1.54) is 42.5 Å². The highest BCUT2D eigenvalue weighted by atomic mass is 32.2. The van der Waals surface area contributed by atoms with Crippen molar-refractivity contribution in [3.63, 3.8) is 0 Å². The highest BCUT2D eigenvalue weighted by Gasteiger charge is 2.35. The topological polar surface area (TPSA) is 181 Å². The minimum atomic E-state index is -4.26. The van der Waals surface area contributed by atoms with Gasteiger partial charge in [0.15, 0.2) is 24.8 Å². The van der Waals surface area contributed by atoms with Gasteiger partial charge in [0.25, 0.3) is 9.84 Å². The van der Waals surface area contributed by atoms with E-state index in [0.29, 0.717) is 25.0 Å². The predicted octanol–water partition coefficient (Wildman–Crippen LogP) is 2.75. The average Bonchev–Trinajstić information content (AvgIpc) is 3.39. The highest BCUT2D eigenvalue weighted by Crippen LogP contribution is 2.24. The molecule has 228 valence electrons. The van der Waals surface area contributed by atoms with Crippen LogP contribution in [0.15, 0.2) is 69.2 Å². The molecule has 0 bridgehead atoms. The maximum atomic E-state index is 14.3. The van der Waals surface area contributed by atoms with E-state index in [1.807, 2.05) is 0 Å². The molecule has 1 aromatic heterocycles. The molecule has 0 spiro atoms. The summed E-state index contributed by atoms with van der Waals surface area (Å²) >= 11 is 0. The predicted molar refractivity (Wildman–Crippen MR) is 146 cm³/mol. The van der Waals surface area contributed by atoms with Crippen LogP contribution in [0, 0.1) is 22.9 Å². The molecule has 1 heterocycles. The lowest BCUT2D eigenvalue weighted by Crippen LogP contribution is -2.30. The Morgan fingerprint density at radius 1 is 1.07 bits per heavy atom. The van der Waals surface area contributed by atoms with Gasteiger partial charge in [0.05, 0.1) is 16.7 Å². The van der Waals surface area contributed by atoms with Gasteiger partial charge in [0.2, 0.25) is 5.91 Å². The van der Waals surface area contributed by atoms with Crippen molar-refractivity contribution in [1.29, 1.82) is 0 Å². The summed E-state index contributed by atoms with van der Waals surface area (Å²) in [6, 6.07) is 11.4. The number of amides is 1. The number of hydroxylamine groups is 1. The molecule has 0 atom stereocenters. The molecule has 2 aromatic carbocycles. The molecule has 0 unspecified atom stereocenters. The van der Waals surface area contributed by atoms with Crippen LogP contribution in [0.2, 0.25) is 0 Å². The van der Waals surface area contributed by atoms with E-state index in [9.17, 15) is 27.6 Å². The molecule has 0 aliphatic rings. The summed E-state index contributed by atoms with van der Waals surface area (Å²) < 4.78 is 59.6. The van der Waals surface area contributed by atoms with Crippen LogP contribution < -0.4 is 19.9 Å². The Morgan fingerprint density at radius 2 is 1.81 bits per heavy atom. The van der Waals surface area contributed by atoms with Gasteiger partial charge in [-0.15, -0.1) is 0 Å². The lowest BCUT2D eigenvalue weighted by molar-refractivity contribution is -0.832. The molecule has 0 radical (unpaired) electrons. The van der Waals surface area contributed by atoms with E-state index in [0.717, 1.165) is 18.9 Å². The SMILES string of the molecule is O=C(CCCCCCOc1ccc(C=CC(=O)OCC#CCOc2no[n+]([O-])c2S(=O)(=O)c2ccccc2)cc1F)NO. The quantitative estimate of drug-likeness (QED) is 0.0487. The van der Waals surface area contributed by atoms with Gasteiger partial charge in [0, 0.05) is 12.5 Å².